The van der Waals surface area contributed by atoms with E-state index in [1.807, 2.05) is 96.1 Å². The van der Waals surface area contributed by atoms with Crippen LogP contribution in [-0.2, 0) is 4.57 Å². The summed E-state index contributed by atoms with van der Waals surface area (Å²) in [5.41, 5.74) is 5.94. The minimum absolute atomic E-state index is 0.732. The SMILES string of the molecule is Cc1ccc(S(c2ccc(C)cc2C)(c2ccc(C)cc2C)P(=O)(O)O)c(C)c1. The van der Waals surface area contributed by atoms with E-state index in [-0.39, 0.29) is 0 Å². The molecule has 0 atom stereocenters. The van der Waals surface area contributed by atoms with E-state index in [0.717, 1.165) is 48.1 Å². The highest BCUT2D eigenvalue weighted by atomic mass is 32.8. The maximum absolute atomic E-state index is 13.5. The van der Waals surface area contributed by atoms with Gasteiger partial charge in [0.2, 0.25) is 0 Å². The van der Waals surface area contributed by atoms with Crippen molar-refractivity contribution in [3.63, 3.8) is 0 Å². The van der Waals surface area contributed by atoms with Crippen molar-refractivity contribution < 1.29 is 14.4 Å². The van der Waals surface area contributed by atoms with E-state index in [1.54, 1.807) is 0 Å². The first-order valence-electron chi connectivity index (χ1n) is 9.59. The number of hydrogen-bond donors (Lipinski definition) is 2. The minimum Gasteiger partial charge on any atom is -0.317 e. The van der Waals surface area contributed by atoms with Crippen LogP contribution in [0.2, 0.25) is 0 Å². The predicted octanol–water partition coefficient (Wildman–Crippen LogP) is 6.91. The smallest absolute Gasteiger partial charge is 0.317 e. The Labute approximate surface area is 175 Å². The molecule has 3 nitrogen and oxygen atoms in total. The van der Waals surface area contributed by atoms with Gasteiger partial charge in [-0.05, 0) is 76.4 Å². The molecule has 0 aromatic heterocycles. The van der Waals surface area contributed by atoms with Crippen molar-refractivity contribution in [1.29, 1.82) is 0 Å². The van der Waals surface area contributed by atoms with Crippen LogP contribution in [0, 0.1) is 41.5 Å². The first-order valence-corrected chi connectivity index (χ1v) is 13.4. The van der Waals surface area contributed by atoms with E-state index in [9.17, 15) is 14.4 Å². The fourth-order valence-electron chi connectivity index (χ4n) is 4.13. The van der Waals surface area contributed by atoms with E-state index >= 15 is 0 Å². The molecule has 5 heteroatoms. The number of rotatable bonds is 4. The molecule has 3 aromatic rings. The molecule has 0 aliphatic heterocycles. The third kappa shape index (κ3) is 3.71. The largest absolute Gasteiger partial charge is 0.378 e. The zero-order valence-corrected chi connectivity index (χ0v) is 19.6. The Balaban J connectivity index is 2.58. The van der Waals surface area contributed by atoms with Gasteiger partial charge in [0.15, 0.2) is 0 Å². The summed E-state index contributed by atoms with van der Waals surface area (Å²) in [6.07, 6.45) is 0. The van der Waals surface area contributed by atoms with Crippen LogP contribution in [-0.4, -0.2) is 9.79 Å². The highest BCUT2D eigenvalue weighted by molar-refractivity contribution is 8.76. The average molecular weight is 429 g/mol. The summed E-state index contributed by atoms with van der Waals surface area (Å²) in [5, 5.41) is 0. The Morgan fingerprint density at radius 3 is 1.07 bits per heavy atom. The Morgan fingerprint density at radius 2 is 0.862 bits per heavy atom. The second kappa shape index (κ2) is 7.77. The van der Waals surface area contributed by atoms with Crippen LogP contribution < -0.4 is 0 Å². The summed E-state index contributed by atoms with van der Waals surface area (Å²) >= 11 is 0. The summed E-state index contributed by atoms with van der Waals surface area (Å²) in [5.74, 6) is 0. The summed E-state index contributed by atoms with van der Waals surface area (Å²) in [6, 6.07) is 17.6. The lowest BCUT2D eigenvalue weighted by Gasteiger charge is -2.44. The van der Waals surface area contributed by atoms with Gasteiger partial charge in [-0.1, -0.05) is 62.7 Å². The van der Waals surface area contributed by atoms with E-state index in [1.165, 1.54) is 0 Å². The van der Waals surface area contributed by atoms with Crippen LogP contribution in [0.25, 0.3) is 0 Å². The van der Waals surface area contributed by atoms with Gasteiger partial charge in [-0.25, -0.2) is 4.57 Å². The van der Waals surface area contributed by atoms with E-state index < -0.39 is 16.4 Å². The normalized spacial score (nSPS) is 12.8. The summed E-state index contributed by atoms with van der Waals surface area (Å²) in [6.45, 7) is 7.24. The van der Waals surface area contributed by atoms with E-state index in [0.29, 0.717) is 0 Å². The van der Waals surface area contributed by atoms with Crippen molar-refractivity contribution >= 4 is 16.4 Å². The minimum atomic E-state index is -4.62. The topological polar surface area (TPSA) is 57.5 Å². The molecule has 0 aliphatic carbocycles. The predicted molar refractivity (Wildman–Crippen MR) is 122 cm³/mol. The van der Waals surface area contributed by atoms with Gasteiger partial charge in [-0.3, -0.25) is 0 Å². The molecule has 0 fully saturated rings. The third-order valence-electron chi connectivity index (χ3n) is 5.30. The van der Waals surface area contributed by atoms with Crippen molar-refractivity contribution in [3.05, 3.63) is 88.0 Å². The molecular weight excluding hydrogens is 399 g/mol. The molecule has 0 unspecified atom stereocenters. The van der Waals surface area contributed by atoms with Gasteiger partial charge in [0.05, 0.1) is 0 Å². The molecule has 0 bridgehead atoms. The van der Waals surface area contributed by atoms with Gasteiger partial charge < -0.3 is 9.79 Å². The zero-order valence-electron chi connectivity index (χ0n) is 17.9. The molecule has 0 aliphatic rings. The maximum atomic E-state index is 13.5. The molecule has 3 rings (SSSR count). The lowest BCUT2D eigenvalue weighted by molar-refractivity contribution is 0.395. The monoisotopic (exact) mass is 428 g/mol. The molecule has 154 valence electrons. The Kier molecular flexibility index (Phi) is 5.86. The van der Waals surface area contributed by atoms with Crippen LogP contribution in [0.4, 0.5) is 0 Å². The fraction of sp³-hybridized carbons (Fsp3) is 0.250. The molecule has 2 N–H and O–H groups in total. The molecule has 0 amide bonds. The van der Waals surface area contributed by atoms with Gasteiger partial charge in [0.25, 0.3) is 0 Å². The quantitative estimate of drug-likeness (QED) is 0.444. The lowest BCUT2D eigenvalue weighted by Crippen LogP contribution is -2.09. The maximum Gasteiger partial charge on any atom is 0.378 e. The van der Waals surface area contributed by atoms with E-state index in [4.69, 9.17) is 0 Å². The van der Waals surface area contributed by atoms with Crippen LogP contribution >= 0.6 is 16.4 Å². The Morgan fingerprint density at radius 1 is 0.586 bits per heavy atom. The highest BCUT2D eigenvalue weighted by Crippen LogP contribution is 2.90. The standard InChI is InChI=1S/C24H29O3PS/c1-16-7-10-22(19(4)13-16)29(28(25,26)27,23-11-8-17(2)14-20(23)5)24-12-9-18(3)15-21(24)6/h7-15H,1-6H3,(H2,25,26,27). The van der Waals surface area contributed by atoms with Gasteiger partial charge in [0, 0.05) is 14.7 Å². The molecule has 3 aromatic carbocycles. The van der Waals surface area contributed by atoms with Crippen LogP contribution in [0.15, 0.2) is 69.3 Å². The number of aryl methyl sites for hydroxylation is 6. The number of hydrogen-bond acceptors (Lipinski definition) is 1. The highest BCUT2D eigenvalue weighted by Gasteiger charge is 2.48. The second-order valence-electron chi connectivity index (χ2n) is 7.88. The Hall–Kier alpha value is -1.84. The molecule has 29 heavy (non-hydrogen) atoms. The second-order valence-corrected chi connectivity index (χ2v) is 14.4. The summed E-state index contributed by atoms with van der Waals surface area (Å²) < 4.78 is 13.5. The first kappa shape index (κ1) is 21.9. The fourth-order valence-corrected chi connectivity index (χ4v) is 12.1. The van der Waals surface area contributed by atoms with Crippen molar-refractivity contribution in [2.45, 2.75) is 56.2 Å². The van der Waals surface area contributed by atoms with Crippen LogP contribution in [0.3, 0.4) is 0 Å². The van der Waals surface area contributed by atoms with Crippen molar-refractivity contribution in [3.8, 4) is 0 Å². The molecule has 0 saturated carbocycles. The molecule has 0 spiro atoms. The van der Waals surface area contributed by atoms with Crippen LogP contribution in [0.1, 0.15) is 33.4 Å². The average Bonchev–Trinajstić information content (AvgIpc) is 2.58. The molecule has 0 saturated heterocycles. The van der Waals surface area contributed by atoms with Crippen molar-refractivity contribution in [2.24, 2.45) is 0 Å². The van der Waals surface area contributed by atoms with Gasteiger partial charge in [0.1, 0.15) is 0 Å². The van der Waals surface area contributed by atoms with Gasteiger partial charge in [-0.2, -0.15) is 0 Å². The summed E-state index contributed by atoms with van der Waals surface area (Å²) in [7, 11) is -2.82. The number of benzene rings is 3. The first-order chi connectivity index (χ1) is 13.5. The third-order valence-corrected chi connectivity index (χ3v) is 13.2. The van der Waals surface area contributed by atoms with Gasteiger partial charge in [-0.15, -0.1) is 0 Å². The molecular formula is C24H29O3PS. The zero-order chi connectivity index (χ0) is 21.6. The van der Waals surface area contributed by atoms with Crippen molar-refractivity contribution in [1.82, 2.24) is 0 Å². The Bertz CT molecular complexity index is 1010. The van der Waals surface area contributed by atoms with E-state index in [2.05, 4.69) is 0 Å². The van der Waals surface area contributed by atoms with Crippen molar-refractivity contribution in [2.75, 3.05) is 0 Å². The lowest BCUT2D eigenvalue weighted by atomic mass is 10.1. The summed E-state index contributed by atoms with van der Waals surface area (Å²) in [4.78, 5) is 24.2. The van der Waals surface area contributed by atoms with Crippen LogP contribution in [0.5, 0.6) is 0 Å². The molecule has 0 heterocycles. The molecule has 0 radical (unpaired) electrons. The van der Waals surface area contributed by atoms with Gasteiger partial charge >= 0.3 is 6.80 Å².